The molecule has 0 aliphatic carbocycles. The maximum Gasteiger partial charge on any atom is 0.269 e. The first-order valence-corrected chi connectivity index (χ1v) is 8.94. The lowest BCUT2D eigenvalue weighted by molar-refractivity contribution is -0.384. The van der Waals surface area contributed by atoms with Gasteiger partial charge < -0.3 is 5.32 Å². The first kappa shape index (κ1) is 18.1. The van der Waals surface area contributed by atoms with Crippen LogP contribution in [0.1, 0.15) is 39.5 Å². The average molecular weight is 347 g/mol. The molecule has 0 saturated carbocycles. The number of benzene rings is 1. The van der Waals surface area contributed by atoms with Crippen molar-refractivity contribution in [1.82, 2.24) is 4.98 Å². The number of nitro benzene ring substituents is 1. The number of carbonyl (C=O) groups excluding carboxylic acids is 1. The second-order valence-corrected chi connectivity index (χ2v) is 6.44. The highest BCUT2D eigenvalue weighted by atomic mass is 32.1. The largest absolute Gasteiger partial charge is 0.302 e. The summed E-state index contributed by atoms with van der Waals surface area (Å²) in [5, 5.41) is 16.0. The van der Waals surface area contributed by atoms with Gasteiger partial charge in [0.15, 0.2) is 5.13 Å². The van der Waals surface area contributed by atoms with Gasteiger partial charge in [-0.2, -0.15) is 0 Å². The molecular weight excluding hydrogens is 326 g/mol. The molecule has 0 saturated heterocycles. The third-order valence-electron chi connectivity index (χ3n) is 3.88. The van der Waals surface area contributed by atoms with Gasteiger partial charge in [0.25, 0.3) is 5.69 Å². The zero-order valence-corrected chi connectivity index (χ0v) is 14.6. The number of hydrogen-bond donors (Lipinski definition) is 1. The van der Waals surface area contributed by atoms with Gasteiger partial charge >= 0.3 is 0 Å². The van der Waals surface area contributed by atoms with E-state index in [1.807, 2.05) is 12.3 Å². The van der Waals surface area contributed by atoms with E-state index in [0.717, 1.165) is 31.2 Å². The van der Waals surface area contributed by atoms with Crippen LogP contribution in [0.4, 0.5) is 10.8 Å². The Balaban J connectivity index is 2.04. The second kappa shape index (κ2) is 8.54. The number of rotatable bonds is 8. The Labute approximate surface area is 145 Å². The molecule has 1 aromatic carbocycles. The van der Waals surface area contributed by atoms with Crippen molar-refractivity contribution >= 4 is 28.1 Å². The van der Waals surface area contributed by atoms with Gasteiger partial charge in [0.2, 0.25) is 5.91 Å². The fraction of sp³-hybridized carbons (Fsp3) is 0.412. The monoisotopic (exact) mass is 347 g/mol. The number of anilines is 1. The lowest BCUT2D eigenvalue weighted by atomic mass is 9.99. The van der Waals surface area contributed by atoms with Crippen LogP contribution in [0, 0.1) is 16.0 Å². The molecule has 0 aliphatic heterocycles. The van der Waals surface area contributed by atoms with E-state index in [4.69, 9.17) is 0 Å². The fourth-order valence-electron chi connectivity index (χ4n) is 2.40. The van der Waals surface area contributed by atoms with Gasteiger partial charge in [-0.3, -0.25) is 14.9 Å². The highest BCUT2D eigenvalue weighted by Crippen LogP contribution is 2.27. The normalized spacial score (nSPS) is 11.9. The number of nitrogens with one attached hydrogen (secondary N) is 1. The van der Waals surface area contributed by atoms with E-state index < -0.39 is 4.92 Å². The number of aromatic nitrogens is 1. The van der Waals surface area contributed by atoms with Crippen molar-refractivity contribution in [2.45, 2.75) is 39.5 Å². The lowest BCUT2D eigenvalue weighted by Crippen LogP contribution is -2.22. The van der Waals surface area contributed by atoms with Gasteiger partial charge in [0, 0.05) is 29.0 Å². The number of amides is 1. The van der Waals surface area contributed by atoms with Crippen molar-refractivity contribution in [2.24, 2.45) is 5.92 Å². The van der Waals surface area contributed by atoms with E-state index in [0.29, 0.717) is 10.8 Å². The molecule has 1 atom stereocenters. The minimum Gasteiger partial charge on any atom is -0.302 e. The summed E-state index contributed by atoms with van der Waals surface area (Å²) in [6.45, 7) is 4.13. The standard InChI is InChI=1S/C17H21N3O3S/c1-3-5-6-12(4-2)16(21)19-17-18-15(11-24-17)13-7-9-14(10-8-13)20(22)23/h7-12H,3-6H2,1-2H3,(H,18,19,21). The van der Waals surface area contributed by atoms with Crippen LogP contribution in [-0.4, -0.2) is 15.8 Å². The molecule has 2 aromatic rings. The van der Waals surface area contributed by atoms with Crippen LogP contribution in [-0.2, 0) is 4.79 Å². The molecule has 1 unspecified atom stereocenters. The van der Waals surface area contributed by atoms with Crippen LogP contribution in [0.2, 0.25) is 0 Å². The summed E-state index contributed by atoms with van der Waals surface area (Å²) in [7, 11) is 0. The molecule has 128 valence electrons. The van der Waals surface area contributed by atoms with E-state index in [1.165, 1.54) is 23.5 Å². The van der Waals surface area contributed by atoms with Crippen LogP contribution in [0.3, 0.4) is 0 Å². The van der Waals surface area contributed by atoms with E-state index >= 15 is 0 Å². The van der Waals surface area contributed by atoms with Gasteiger partial charge in [-0.25, -0.2) is 4.98 Å². The summed E-state index contributed by atoms with van der Waals surface area (Å²) in [5.74, 6) is 0.0206. The van der Waals surface area contributed by atoms with Crippen molar-refractivity contribution < 1.29 is 9.72 Å². The van der Waals surface area contributed by atoms with Crippen LogP contribution in [0.25, 0.3) is 11.3 Å². The first-order valence-electron chi connectivity index (χ1n) is 8.06. The molecule has 2 rings (SSSR count). The maximum absolute atomic E-state index is 12.3. The Morgan fingerprint density at radius 3 is 2.62 bits per heavy atom. The summed E-state index contributed by atoms with van der Waals surface area (Å²) in [4.78, 5) is 27.0. The third kappa shape index (κ3) is 4.61. The second-order valence-electron chi connectivity index (χ2n) is 5.58. The number of unbranched alkanes of at least 4 members (excludes halogenated alkanes) is 1. The minimum absolute atomic E-state index is 0.00977. The lowest BCUT2D eigenvalue weighted by Gasteiger charge is -2.12. The summed E-state index contributed by atoms with van der Waals surface area (Å²) in [6.07, 6.45) is 3.81. The Hall–Kier alpha value is -2.28. The number of hydrogen-bond acceptors (Lipinski definition) is 5. The van der Waals surface area contributed by atoms with Crippen LogP contribution in [0.15, 0.2) is 29.6 Å². The summed E-state index contributed by atoms with van der Waals surface area (Å²) in [5.41, 5.74) is 1.53. The predicted octanol–water partition coefficient (Wildman–Crippen LogP) is 4.87. The number of non-ortho nitro benzene ring substituents is 1. The smallest absolute Gasteiger partial charge is 0.269 e. The van der Waals surface area contributed by atoms with Gasteiger partial charge in [-0.1, -0.05) is 26.7 Å². The zero-order valence-electron chi connectivity index (χ0n) is 13.8. The Morgan fingerprint density at radius 2 is 2.04 bits per heavy atom. The Bertz CT molecular complexity index is 697. The Kier molecular flexibility index (Phi) is 6.43. The number of nitrogens with zero attached hydrogens (tertiary/aromatic N) is 2. The van der Waals surface area contributed by atoms with E-state index in [2.05, 4.69) is 17.2 Å². The van der Waals surface area contributed by atoms with Crippen LogP contribution >= 0.6 is 11.3 Å². The Morgan fingerprint density at radius 1 is 1.33 bits per heavy atom. The average Bonchev–Trinajstić information content (AvgIpc) is 3.04. The topological polar surface area (TPSA) is 85.1 Å². The molecular formula is C17H21N3O3S. The van der Waals surface area contributed by atoms with Gasteiger partial charge in [-0.05, 0) is 25.0 Å². The highest BCUT2D eigenvalue weighted by molar-refractivity contribution is 7.14. The molecule has 0 spiro atoms. The van der Waals surface area contributed by atoms with Crippen molar-refractivity contribution in [2.75, 3.05) is 5.32 Å². The van der Waals surface area contributed by atoms with E-state index in [-0.39, 0.29) is 17.5 Å². The molecule has 1 heterocycles. The van der Waals surface area contributed by atoms with E-state index in [9.17, 15) is 14.9 Å². The summed E-state index contributed by atoms with van der Waals surface area (Å²) in [6, 6.07) is 6.22. The van der Waals surface area contributed by atoms with Crippen LogP contribution < -0.4 is 5.32 Å². The summed E-state index contributed by atoms with van der Waals surface area (Å²) >= 11 is 1.36. The molecule has 24 heavy (non-hydrogen) atoms. The molecule has 0 fully saturated rings. The third-order valence-corrected chi connectivity index (χ3v) is 4.64. The fourth-order valence-corrected chi connectivity index (χ4v) is 3.12. The molecule has 1 amide bonds. The zero-order chi connectivity index (χ0) is 17.5. The van der Waals surface area contributed by atoms with Crippen molar-refractivity contribution in [1.29, 1.82) is 0 Å². The van der Waals surface area contributed by atoms with Gasteiger partial charge in [-0.15, -0.1) is 11.3 Å². The molecule has 0 radical (unpaired) electrons. The molecule has 0 aliphatic rings. The number of carbonyl (C=O) groups is 1. The van der Waals surface area contributed by atoms with Crippen molar-refractivity contribution in [3.63, 3.8) is 0 Å². The van der Waals surface area contributed by atoms with Crippen molar-refractivity contribution in [3.8, 4) is 11.3 Å². The first-order chi connectivity index (χ1) is 11.5. The number of nitro groups is 1. The SMILES string of the molecule is CCCCC(CC)C(=O)Nc1nc(-c2ccc([N+](=O)[O-])cc2)cs1. The molecule has 6 nitrogen and oxygen atoms in total. The van der Waals surface area contributed by atoms with Crippen molar-refractivity contribution in [3.05, 3.63) is 39.8 Å². The molecule has 1 aromatic heterocycles. The van der Waals surface area contributed by atoms with Gasteiger partial charge in [0.05, 0.1) is 10.6 Å². The minimum atomic E-state index is -0.433. The maximum atomic E-state index is 12.3. The highest BCUT2D eigenvalue weighted by Gasteiger charge is 2.17. The predicted molar refractivity (Wildman–Crippen MR) is 96.1 cm³/mol. The van der Waals surface area contributed by atoms with E-state index in [1.54, 1.807) is 12.1 Å². The molecule has 1 N–H and O–H groups in total. The summed E-state index contributed by atoms with van der Waals surface area (Å²) < 4.78 is 0. The quantitative estimate of drug-likeness (QED) is 0.545. The van der Waals surface area contributed by atoms with Crippen LogP contribution in [0.5, 0.6) is 0 Å². The van der Waals surface area contributed by atoms with Gasteiger partial charge in [0.1, 0.15) is 0 Å². The number of thiazole rings is 1. The molecule has 7 heteroatoms. The molecule has 0 bridgehead atoms.